The van der Waals surface area contributed by atoms with Crippen LogP contribution in [0.2, 0.25) is 0 Å². The Bertz CT molecular complexity index is 881. The van der Waals surface area contributed by atoms with Gasteiger partial charge in [0.2, 0.25) is 0 Å². The minimum Gasteiger partial charge on any atom is -0.438 e. The Labute approximate surface area is 175 Å². The number of hydrogen-bond acceptors (Lipinski definition) is 3. The van der Waals surface area contributed by atoms with Crippen molar-refractivity contribution in [3.05, 3.63) is 69.7 Å². The molecule has 3 atom stereocenters. The van der Waals surface area contributed by atoms with E-state index in [1.54, 1.807) is 0 Å². The molecule has 0 spiro atoms. The van der Waals surface area contributed by atoms with Gasteiger partial charge in [-0.05, 0) is 43.5 Å². The minimum absolute atomic E-state index is 0.0409. The molecule has 0 saturated carbocycles. The number of rotatable bonds is 5. The van der Waals surface area contributed by atoms with E-state index in [2.05, 4.69) is 61.0 Å². The minimum atomic E-state index is -0.630. The summed E-state index contributed by atoms with van der Waals surface area (Å²) in [6, 6.07) is 16.3. The number of amides is 1. The summed E-state index contributed by atoms with van der Waals surface area (Å²) < 4.78 is 12.9. The van der Waals surface area contributed by atoms with Gasteiger partial charge < -0.3 is 14.4 Å². The van der Waals surface area contributed by atoms with Crippen LogP contribution in [0.1, 0.15) is 49.4 Å². The van der Waals surface area contributed by atoms with E-state index in [9.17, 15) is 4.79 Å². The van der Waals surface area contributed by atoms with Crippen LogP contribution in [0, 0.1) is 6.92 Å². The Morgan fingerprint density at radius 3 is 2.54 bits per heavy atom. The maximum atomic E-state index is 13.1. The van der Waals surface area contributed by atoms with Crippen molar-refractivity contribution in [2.75, 3.05) is 13.2 Å². The summed E-state index contributed by atoms with van der Waals surface area (Å²) in [5.74, 6) is 0. The number of carbonyl (C=O) groups is 1. The van der Waals surface area contributed by atoms with Crippen LogP contribution in [0.5, 0.6) is 0 Å². The molecule has 4 rings (SSSR count). The number of benzene rings is 2. The molecule has 1 amide bonds. The van der Waals surface area contributed by atoms with Gasteiger partial charge in [0.05, 0.1) is 18.2 Å². The summed E-state index contributed by atoms with van der Waals surface area (Å²) in [5, 5.41) is 0. The fourth-order valence-electron chi connectivity index (χ4n) is 4.13. The van der Waals surface area contributed by atoms with Gasteiger partial charge in [0.25, 0.3) is 0 Å². The van der Waals surface area contributed by atoms with Crippen molar-refractivity contribution in [1.29, 1.82) is 0 Å². The first-order chi connectivity index (χ1) is 13.3. The van der Waals surface area contributed by atoms with Crippen molar-refractivity contribution in [3.8, 4) is 0 Å². The van der Waals surface area contributed by atoms with Gasteiger partial charge in [-0.15, -0.1) is 0 Å². The molecule has 2 aliphatic heterocycles. The number of carbonyl (C=O) groups excluding carboxylic acids is 1. The van der Waals surface area contributed by atoms with Gasteiger partial charge in [-0.2, -0.15) is 0 Å². The van der Waals surface area contributed by atoms with Crippen molar-refractivity contribution >= 4 is 22.0 Å². The maximum Gasteiger partial charge on any atom is 0.411 e. The van der Waals surface area contributed by atoms with Crippen molar-refractivity contribution in [1.82, 2.24) is 4.90 Å². The lowest BCUT2D eigenvalue weighted by atomic mass is 9.81. The summed E-state index contributed by atoms with van der Waals surface area (Å²) in [7, 11) is 0. The summed E-state index contributed by atoms with van der Waals surface area (Å²) >= 11 is 3.54. The predicted octanol–water partition coefficient (Wildman–Crippen LogP) is 5.74. The molecule has 2 saturated heterocycles. The van der Waals surface area contributed by atoms with Gasteiger partial charge >= 0.3 is 6.09 Å². The third-order valence-corrected chi connectivity index (χ3v) is 6.89. The van der Waals surface area contributed by atoms with Crippen molar-refractivity contribution < 1.29 is 14.3 Å². The third kappa shape index (κ3) is 3.70. The topological polar surface area (TPSA) is 42.1 Å². The molecule has 2 heterocycles. The zero-order chi connectivity index (χ0) is 19.9. The molecular weight excluding hydrogens is 418 g/mol. The van der Waals surface area contributed by atoms with Crippen LogP contribution in [-0.4, -0.2) is 29.7 Å². The Morgan fingerprint density at radius 2 is 1.93 bits per heavy atom. The third-order valence-electron chi connectivity index (χ3n) is 6.00. The molecule has 2 unspecified atom stereocenters. The van der Waals surface area contributed by atoms with Gasteiger partial charge in [-0.3, -0.25) is 0 Å². The van der Waals surface area contributed by atoms with E-state index in [0.29, 0.717) is 13.0 Å². The number of ether oxygens (including phenoxy) is 2. The molecule has 4 nitrogen and oxygen atoms in total. The quantitative estimate of drug-likeness (QED) is 0.553. The highest BCUT2D eigenvalue weighted by Crippen LogP contribution is 2.46. The fraction of sp³-hybridized carbons (Fsp3) is 0.435. The summed E-state index contributed by atoms with van der Waals surface area (Å²) in [6.45, 7) is 7.58. The second-order valence-electron chi connectivity index (χ2n) is 8.27. The largest absolute Gasteiger partial charge is 0.438 e. The smallest absolute Gasteiger partial charge is 0.411 e. The molecule has 148 valence electrons. The molecule has 0 aliphatic carbocycles. The van der Waals surface area contributed by atoms with Crippen LogP contribution in [0.3, 0.4) is 0 Å². The molecule has 2 fully saturated rings. The number of aryl methyl sites for hydroxylation is 1. The van der Waals surface area contributed by atoms with Crippen LogP contribution >= 0.6 is 15.9 Å². The highest BCUT2D eigenvalue weighted by atomic mass is 79.9. The van der Waals surface area contributed by atoms with Crippen LogP contribution in [-0.2, 0) is 15.1 Å². The number of cyclic esters (lactones) is 1. The van der Waals surface area contributed by atoms with E-state index in [-0.39, 0.29) is 17.7 Å². The molecule has 0 N–H and O–H groups in total. The summed E-state index contributed by atoms with van der Waals surface area (Å²) in [5.41, 5.74) is 2.49. The lowest BCUT2D eigenvalue weighted by Gasteiger charge is -2.44. The molecular formula is C23H26BrNO3. The molecule has 0 bridgehead atoms. The van der Waals surface area contributed by atoms with Gasteiger partial charge in [0, 0.05) is 23.9 Å². The predicted molar refractivity (Wildman–Crippen MR) is 112 cm³/mol. The van der Waals surface area contributed by atoms with Crippen molar-refractivity contribution in [3.63, 3.8) is 0 Å². The highest BCUT2D eigenvalue weighted by Gasteiger charge is 2.52. The van der Waals surface area contributed by atoms with E-state index in [1.165, 1.54) is 0 Å². The van der Waals surface area contributed by atoms with Gasteiger partial charge in [-0.25, -0.2) is 4.79 Å². The standard InChI is InChI=1S/C23H26BrNO3/c1-16-13-18(9-10-20(16)24)17(2)25-12-11-23(28-21(25)26,14-22(3)15-27-22)19-7-5-4-6-8-19/h4-10,13,17H,11-12,14-15H2,1-3H3/t17-,22?,23?/m0/s1. The van der Waals surface area contributed by atoms with Crippen molar-refractivity contribution in [2.45, 2.75) is 50.9 Å². The average Bonchev–Trinajstić information content (AvgIpc) is 3.40. The molecule has 5 heteroatoms. The molecule has 0 aromatic heterocycles. The number of hydrogen-bond donors (Lipinski definition) is 0. The summed E-state index contributed by atoms with van der Waals surface area (Å²) in [4.78, 5) is 14.9. The second kappa shape index (κ2) is 7.20. The first-order valence-corrected chi connectivity index (χ1v) is 10.6. The van der Waals surface area contributed by atoms with Gasteiger partial charge in [0.15, 0.2) is 0 Å². The number of epoxide rings is 1. The fourth-order valence-corrected chi connectivity index (χ4v) is 4.38. The molecule has 2 aliphatic rings. The maximum absolute atomic E-state index is 13.1. The Balaban J connectivity index is 1.58. The lowest BCUT2D eigenvalue weighted by Crippen LogP contribution is -2.50. The first-order valence-electron chi connectivity index (χ1n) is 9.77. The normalized spacial score (nSPS) is 28.0. The zero-order valence-corrected chi connectivity index (χ0v) is 18.2. The van der Waals surface area contributed by atoms with Crippen LogP contribution in [0.15, 0.2) is 53.0 Å². The molecule has 0 radical (unpaired) electrons. The van der Waals surface area contributed by atoms with Crippen molar-refractivity contribution in [2.24, 2.45) is 0 Å². The SMILES string of the molecule is Cc1cc([C@H](C)N2CCC(CC3(C)CO3)(c3ccccc3)OC2=O)ccc1Br. The Kier molecular flexibility index (Phi) is 5.00. The zero-order valence-electron chi connectivity index (χ0n) is 16.6. The van der Waals surface area contributed by atoms with E-state index in [0.717, 1.165) is 34.2 Å². The van der Waals surface area contributed by atoms with Crippen LogP contribution in [0.4, 0.5) is 4.79 Å². The average molecular weight is 444 g/mol. The monoisotopic (exact) mass is 443 g/mol. The van der Waals surface area contributed by atoms with Gasteiger partial charge in [-0.1, -0.05) is 58.4 Å². The van der Waals surface area contributed by atoms with E-state index in [1.807, 2.05) is 29.2 Å². The Morgan fingerprint density at radius 1 is 1.21 bits per heavy atom. The van der Waals surface area contributed by atoms with E-state index in [4.69, 9.17) is 9.47 Å². The number of halogens is 1. The van der Waals surface area contributed by atoms with Crippen LogP contribution < -0.4 is 0 Å². The Hall–Kier alpha value is -1.85. The van der Waals surface area contributed by atoms with Crippen LogP contribution in [0.25, 0.3) is 0 Å². The molecule has 28 heavy (non-hydrogen) atoms. The lowest BCUT2D eigenvalue weighted by molar-refractivity contribution is -0.0750. The van der Waals surface area contributed by atoms with E-state index < -0.39 is 5.60 Å². The molecule has 2 aromatic carbocycles. The second-order valence-corrected chi connectivity index (χ2v) is 9.13. The van der Waals surface area contributed by atoms with Gasteiger partial charge in [0.1, 0.15) is 5.60 Å². The number of nitrogens with zero attached hydrogens (tertiary/aromatic N) is 1. The highest BCUT2D eigenvalue weighted by molar-refractivity contribution is 9.10. The summed E-state index contributed by atoms with van der Waals surface area (Å²) in [6.07, 6.45) is 1.18. The molecule has 2 aromatic rings. The first kappa shape index (κ1) is 19.5. The van der Waals surface area contributed by atoms with E-state index >= 15 is 0 Å².